The highest BCUT2D eigenvalue weighted by atomic mass is 16.5. The molecule has 106 valence electrons. The van der Waals surface area contributed by atoms with Gasteiger partial charge in [-0.15, -0.1) is 0 Å². The predicted molar refractivity (Wildman–Crippen MR) is 76.6 cm³/mol. The fourth-order valence-electron chi connectivity index (χ4n) is 3.26. The zero-order chi connectivity index (χ0) is 14.0. The second-order valence-corrected chi connectivity index (χ2v) is 5.93. The van der Waals surface area contributed by atoms with Crippen molar-refractivity contribution in [2.75, 3.05) is 20.1 Å². The molecule has 0 aromatic heterocycles. The van der Waals surface area contributed by atoms with Crippen molar-refractivity contribution in [3.63, 3.8) is 0 Å². The number of benzene rings is 1. The average molecular weight is 272 g/mol. The van der Waals surface area contributed by atoms with Gasteiger partial charge in [0.05, 0.1) is 5.54 Å². The van der Waals surface area contributed by atoms with Gasteiger partial charge in [-0.25, -0.2) is 4.79 Å². The van der Waals surface area contributed by atoms with Crippen LogP contribution in [0, 0.1) is 0 Å². The van der Waals surface area contributed by atoms with E-state index in [-0.39, 0.29) is 5.54 Å². The van der Waals surface area contributed by atoms with Gasteiger partial charge in [-0.1, -0.05) is 25.0 Å². The largest absolute Gasteiger partial charge is 0.488 e. The van der Waals surface area contributed by atoms with Crippen LogP contribution in [0.15, 0.2) is 29.3 Å². The molecule has 0 unspecified atom stereocenters. The minimum atomic E-state index is -0.336. The van der Waals surface area contributed by atoms with E-state index in [2.05, 4.69) is 16.9 Å². The lowest BCUT2D eigenvalue weighted by Gasteiger charge is -2.36. The van der Waals surface area contributed by atoms with E-state index >= 15 is 0 Å². The summed E-state index contributed by atoms with van der Waals surface area (Å²) in [6, 6.07) is 8.08. The van der Waals surface area contributed by atoms with Crippen molar-refractivity contribution in [3.8, 4) is 5.75 Å². The SMILES string of the molecule is CN1CC(Oc2ccc(C3(N=C=O)CCCC3)cc2)C1. The van der Waals surface area contributed by atoms with Crippen molar-refractivity contribution in [2.45, 2.75) is 37.3 Å². The van der Waals surface area contributed by atoms with E-state index in [1.165, 1.54) is 0 Å². The van der Waals surface area contributed by atoms with Crippen molar-refractivity contribution >= 4 is 6.08 Å². The summed E-state index contributed by atoms with van der Waals surface area (Å²) in [4.78, 5) is 17.0. The van der Waals surface area contributed by atoms with Gasteiger partial charge in [0.15, 0.2) is 0 Å². The maximum absolute atomic E-state index is 10.7. The molecule has 3 rings (SSSR count). The van der Waals surface area contributed by atoms with Crippen LogP contribution in [0.1, 0.15) is 31.2 Å². The number of likely N-dealkylation sites (N-methyl/N-ethyl adjacent to an activating group) is 1. The summed E-state index contributed by atoms with van der Waals surface area (Å²) in [7, 11) is 2.09. The Labute approximate surface area is 119 Å². The van der Waals surface area contributed by atoms with Crippen LogP contribution >= 0.6 is 0 Å². The third-order valence-electron chi connectivity index (χ3n) is 4.42. The highest BCUT2D eigenvalue weighted by Crippen LogP contribution is 2.42. The molecule has 0 bridgehead atoms. The number of isocyanates is 1. The van der Waals surface area contributed by atoms with Gasteiger partial charge < -0.3 is 4.74 Å². The van der Waals surface area contributed by atoms with Gasteiger partial charge in [0, 0.05) is 13.1 Å². The molecule has 2 aliphatic rings. The lowest BCUT2D eigenvalue weighted by atomic mass is 9.89. The quantitative estimate of drug-likeness (QED) is 0.624. The molecule has 1 aliphatic carbocycles. The fraction of sp³-hybridized carbons (Fsp3) is 0.562. The van der Waals surface area contributed by atoms with Crippen molar-refractivity contribution in [3.05, 3.63) is 29.8 Å². The van der Waals surface area contributed by atoms with Gasteiger partial charge in [-0.3, -0.25) is 4.90 Å². The smallest absolute Gasteiger partial charge is 0.235 e. The summed E-state index contributed by atoms with van der Waals surface area (Å²) < 4.78 is 5.88. The Bertz CT molecular complexity index is 508. The van der Waals surface area contributed by atoms with Crippen LogP contribution in [0.25, 0.3) is 0 Å². The summed E-state index contributed by atoms with van der Waals surface area (Å²) in [6.45, 7) is 1.97. The standard InChI is InChI=1S/C16H20N2O2/c1-18-10-15(11-18)20-14-6-4-13(5-7-14)16(17-12-19)8-2-3-9-16/h4-7,15H,2-3,8-11H2,1H3. The Balaban J connectivity index is 1.73. The Morgan fingerprint density at radius 2 is 1.90 bits per heavy atom. The first-order valence-corrected chi connectivity index (χ1v) is 7.27. The molecule has 0 spiro atoms. The Kier molecular flexibility index (Phi) is 3.60. The highest BCUT2D eigenvalue weighted by Gasteiger charge is 2.35. The molecule has 0 N–H and O–H groups in total. The van der Waals surface area contributed by atoms with Crippen LogP contribution in [0.5, 0.6) is 5.75 Å². The first kappa shape index (κ1) is 13.3. The van der Waals surface area contributed by atoms with Crippen LogP contribution in [-0.4, -0.2) is 37.2 Å². The van der Waals surface area contributed by atoms with Crippen molar-refractivity contribution in [2.24, 2.45) is 4.99 Å². The summed E-state index contributed by atoms with van der Waals surface area (Å²) in [5.41, 5.74) is 0.771. The lowest BCUT2D eigenvalue weighted by Crippen LogP contribution is -2.51. The van der Waals surface area contributed by atoms with Crippen LogP contribution in [-0.2, 0) is 10.3 Å². The number of rotatable bonds is 4. The average Bonchev–Trinajstić information content (AvgIpc) is 2.88. The summed E-state index contributed by atoms with van der Waals surface area (Å²) in [6.07, 6.45) is 6.19. The predicted octanol–water partition coefficient (Wildman–Crippen LogP) is 2.48. The van der Waals surface area contributed by atoms with Gasteiger partial charge in [0.25, 0.3) is 0 Å². The molecule has 1 saturated carbocycles. The highest BCUT2D eigenvalue weighted by molar-refractivity contribution is 5.40. The molecule has 0 amide bonds. The van der Waals surface area contributed by atoms with Crippen molar-refractivity contribution in [1.82, 2.24) is 4.90 Å². The number of hydrogen-bond acceptors (Lipinski definition) is 4. The maximum atomic E-state index is 10.7. The normalized spacial score (nSPS) is 22.1. The van der Waals surface area contributed by atoms with Crippen molar-refractivity contribution < 1.29 is 9.53 Å². The molecule has 1 aliphatic heterocycles. The van der Waals surface area contributed by atoms with Gasteiger partial charge in [0.1, 0.15) is 11.9 Å². The molecule has 1 heterocycles. The Morgan fingerprint density at radius 3 is 2.45 bits per heavy atom. The molecular weight excluding hydrogens is 252 g/mol. The van der Waals surface area contributed by atoms with E-state index in [1.807, 2.05) is 24.3 Å². The first-order valence-electron chi connectivity index (χ1n) is 7.27. The molecule has 20 heavy (non-hydrogen) atoms. The Hall–Kier alpha value is -1.64. The van der Waals surface area contributed by atoms with E-state index in [0.29, 0.717) is 6.10 Å². The van der Waals surface area contributed by atoms with E-state index in [0.717, 1.165) is 50.1 Å². The second kappa shape index (κ2) is 5.39. The van der Waals surface area contributed by atoms with E-state index in [9.17, 15) is 4.79 Å². The van der Waals surface area contributed by atoms with E-state index < -0.39 is 0 Å². The molecule has 1 aromatic carbocycles. The van der Waals surface area contributed by atoms with Crippen LogP contribution in [0.4, 0.5) is 0 Å². The van der Waals surface area contributed by atoms with Gasteiger partial charge in [-0.05, 0) is 37.6 Å². The molecule has 0 atom stereocenters. The summed E-state index contributed by atoms with van der Waals surface area (Å²) in [5.74, 6) is 0.898. The van der Waals surface area contributed by atoms with Crippen LogP contribution in [0.3, 0.4) is 0 Å². The van der Waals surface area contributed by atoms with Gasteiger partial charge >= 0.3 is 0 Å². The number of likely N-dealkylation sites (tertiary alicyclic amines) is 1. The third-order valence-corrected chi connectivity index (χ3v) is 4.42. The van der Waals surface area contributed by atoms with Gasteiger partial charge in [-0.2, -0.15) is 4.99 Å². The Morgan fingerprint density at radius 1 is 1.25 bits per heavy atom. The van der Waals surface area contributed by atoms with E-state index in [4.69, 9.17) is 4.74 Å². The van der Waals surface area contributed by atoms with Gasteiger partial charge in [0.2, 0.25) is 6.08 Å². The van der Waals surface area contributed by atoms with E-state index in [1.54, 1.807) is 6.08 Å². The second-order valence-electron chi connectivity index (χ2n) is 5.93. The third kappa shape index (κ3) is 2.49. The first-order chi connectivity index (χ1) is 9.72. The molecule has 2 fully saturated rings. The number of carbonyl (C=O) groups excluding carboxylic acids is 1. The summed E-state index contributed by atoms with van der Waals surface area (Å²) in [5, 5.41) is 0. The fourth-order valence-corrected chi connectivity index (χ4v) is 3.26. The molecule has 4 nitrogen and oxygen atoms in total. The monoisotopic (exact) mass is 272 g/mol. The zero-order valence-electron chi connectivity index (χ0n) is 11.8. The van der Waals surface area contributed by atoms with Crippen LogP contribution < -0.4 is 4.74 Å². The molecule has 4 heteroatoms. The number of ether oxygens (including phenoxy) is 1. The molecule has 1 saturated heterocycles. The summed E-state index contributed by atoms with van der Waals surface area (Å²) >= 11 is 0. The zero-order valence-corrected chi connectivity index (χ0v) is 11.8. The topological polar surface area (TPSA) is 41.9 Å². The minimum Gasteiger partial charge on any atom is -0.488 e. The number of nitrogens with zero attached hydrogens (tertiary/aromatic N) is 2. The molecule has 0 radical (unpaired) electrons. The lowest BCUT2D eigenvalue weighted by molar-refractivity contribution is 0.0388. The minimum absolute atomic E-state index is 0.305. The number of aliphatic imine (C=N–C) groups is 1. The van der Waals surface area contributed by atoms with Crippen LogP contribution in [0.2, 0.25) is 0 Å². The molecular formula is C16H20N2O2. The maximum Gasteiger partial charge on any atom is 0.235 e. The van der Waals surface area contributed by atoms with Crippen molar-refractivity contribution in [1.29, 1.82) is 0 Å². The number of hydrogen-bond donors (Lipinski definition) is 0. The molecule has 1 aromatic rings.